The molecule has 0 unspecified atom stereocenters. The molecule has 0 fully saturated rings. The van der Waals surface area contributed by atoms with Crippen LogP contribution in [0.4, 0.5) is 0 Å². The largest absolute Gasteiger partial charge is 0.329 e. The van der Waals surface area contributed by atoms with E-state index in [1.54, 1.807) is 6.20 Å². The van der Waals surface area contributed by atoms with Crippen LogP contribution in [0.1, 0.15) is 17.3 Å². The second-order valence-electron chi connectivity index (χ2n) is 2.72. The van der Waals surface area contributed by atoms with E-state index in [-0.39, 0.29) is 6.04 Å². The SMILES string of the molecule is Cc1cnc([C@H](N)CN)c(Br)c1. The fourth-order valence-corrected chi connectivity index (χ4v) is 1.69. The van der Waals surface area contributed by atoms with Gasteiger partial charge in [-0.2, -0.15) is 0 Å². The standard InChI is InChI=1S/C8H12BrN3/c1-5-2-6(9)8(12-4-5)7(11)3-10/h2,4,7H,3,10-11H2,1H3/t7-/m1/s1. The van der Waals surface area contributed by atoms with Gasteiger partial charge in [-0.3, -0.25) is 4.98 Å². The molecule has 3 nitrogen and oxygen atoms in total. The fraction of sp³-hybridized carbons (Fsp3) is 0.375. The zero-order valence-electron chi connectivity index (χ0n) is 6.92. The Balaban J connectivity index is 3.01. The van der Waals surface area contributed by atoms with Gasteiger partial charge < -0.3 is 11.5 Å². The highest BCUT2D eigenvalue weighted by Crippen LogP contribution is 2.19. The lowest BCUT2D eigenvalue weighted by atomic mass is 10.2. The van der Waals surface area contributed by atoms with Gasteiger partial charge in [0.15, 0.2) is 0 Å². The molecule has 0 radical (unpaired) electrons. The van der Waals surface area contributed by atoms with Gasteiger partial charge in [0.05, 0.1) is 11.7 Å². The zero-order chi connectivity index (χ0) is 9.14. The van der Waals surface area contributed by atoms with E-state index in [0.29, 0.717) is 6.54 Å². The first kappa shape index (κ1) is 9.64. The Morgan fingerprint density at radius 2 is 2.33 bits per heavy atom. The third kappa shape index (κ3) is 2.03. The van der Waals surface area contributed by atoms with E-state index in [1.807, 2.05) is 13.0 Å². The second-order valence-corrected chi connectivity index (χ2v) is 3.58. The maximum absolute atomic E-state index is 5.73. The number of nitrogens with two attached hydrogens (primary N) is 2. The Labute approximate surface area is 80.3 Å². The van der Waals surface area contributed by atoms with Crippen LogP contribution in [0.3, 0.4) is 0 Å². The van der Waals surface area contributed by atoms with E-state index in [1.165, 1.54) is 0 Å². The second kappa shape index (κ2) is 3.98. The number of halogens is 1. The van der Waals surface area contributed by atoms with Gasteiger partial charge in [-0.05, 0) is 34.5 Å². The van der Waals surface area contributed by atoms with E-state index in [2.05, 4.69) is 20.9 Å². The van der Waals surface area contributed by atoms with Crippen LogP contribution in [-0.4, -0.2) is 11.5 Å². The van der Waals surface area contributed by atoms with Gasteiger partial charge in [0, 0.05) is 17.2 Å². The van der Waals surface area contributed by atoms with E-state index in [0.717, 1.165) is 15.7 Å². The van der Waals surface area contributed by atoms with Crippen molar-refractivity contribution in [2.75, 3.05) is 6.54 Å². The Bertz CT molecular complexity index is 275. The maximum Gasteiger partial charge on any atom is 0.0725 e. The summed E-state index contributed by atoms with van der Waals surface area (Å²) in [6.07, 6.45) is 1.79. The number of rotatable bonds is 2. The monoisotopic (exact) mass is 229 g/mol. The van der Waals surface area contributed by atoms with Crippen molar-refractivity contribution in [2.45, 2.75) is 13.0 Å². The van der Waals surface area contributed by atoms with Crippen molar-refractivity contribution in [3.05, 3.63) is 28.0 Å². The van der Waals surface area contributed by atoms with E-state index >= 15 is 0 Å². The third-order valence-electron chi connectivity index (χ3n) is 1.61. The first-order chi connectivity index (χ1) is 5.65. The summed E-state index contributed by atoms with van der Waals surface area (Å²) in [5.74, 6) is 0. The van der Waals surface area contributed by atoms with Crippen molar-refractivity contribution in [1.82, 2.24) is 4.98 Å². The smallest absolute Gasteiger partial charge is 0.0725 e. The van der Waals surface area contributed by atoms with Crippen molar-refractivity contribution in [2.24, 2.45) is 11.5 Å². The summed E-state index contributed by atoms with van der Waals surface area (Å²) in [5, 5.41) is 0. The van der Waals surface area contributed by atoms with Gasteiger partial charge in [-0.25, -0.2) is 0 Å². The van der Waals surface area contributed by atoms with Gasteiger partial charge >= 0.3 is 0 Å². The molecule has 66 valence electrons. The average molecular weight is 230 g/mol. The summed E-state index contributed by atoms with van der Waals surface area (Å²) in [6, 6.07) is 1.80. The molecular weight excluding hydrogens is 218 g/mol. The minimum atomic E-state index is -0.181. The molecule has 0 aliphatic rings. The number of aryl methyl sites for hydroxylation is 1. The van der Waals surface area contributed by atoms with Crippen LogP contribution in [-0.2, 0) is 0 Å². The molecule has 0 bridgehead atoms. The van der Waals surface area contributed by atoms with Gasteiger partial charge in [-0.15, -0.1) is 0 Å². The molecule has 1 aromatic rings. The predicted molar refractivity (Wildman–Crippen MR) is 52.7 cm³/mol. The molecule has 0 aromatic carbocycles. The van der Waals surface area contributed by atoms with Crippen LogP contribution in [0.25, 0.3) is 0 Å². The average Bonchev–Trinajstić information content (AvgIpc) is 2.03. The Morgan fingerprint density at radius 1 is 1.67 bits per heavy atom. The van der Waals surface area contributed by atoms with E-state index < -0.39 is 0 Å². The van der Waals surface area contributed by atoms with Crippen molar-refractivity contribution in [3.63, 3.8) is 0 Å². The predicted octanol–water partition coefficient (Wildman–Crippen LogP) is 1.11. The molecule has 1 atom stereocenters. The van der Waals surface area contributed by atoms with Crippen LogP contribution in [0.2, 0.25) is 0 Å². The first-order valence-corrected chi connectivity index (χ1v) is 4.52. The maximum atomic E-state index is 5.73. The minimum absolute atomic E-state index is 0.181. The summed E-state index contributed by atoms with van der Waals surface area (Å²) in [4.78, 5) is 4.20. The quantitative estimate of drug-likeness (QED) is 0.799. The molecule has 0 saturated heterocycles. The number of pyridine rings is 1. The Morgan fingerprint density at radius 3 is 2.83 bits per heavy atom. The summed E-state index contributed by atoms with van der Waals surface area (Å²) in [7, 11) is 0. The Kier molecular flexibility index (Phi) is 3.20. The summed E-state index contributed by atoms with van der Waals surface area (Å²) in [6.45, 7) is 2.39. The van der Waals surface area contributed by atoms with Crippen LogP contribution >= 0.6 is 15.9 Å². The third-order valence-corrected chi connectivity index (χ3v) is 2.25. The molecule has 0 amide bonds. The number of nitrogens with zero attached hydrogens (tertiary/aromatic N) is 1. The van der Waals surface area contributed by atoms with Gasteiger partial charge in [-0.1, -0.05) is 0 Å². The highest BCUT2D eigenvalue weighted by atomic mass is 79.9. The van der Waals surface area contributed by atoms with Crippen molar-refractivity contribution < 1.29 is 0 Å². The lowest BCUT2D eigenvalue weighted by Crippen LogP contribution is -2.22. The van der Waals surface area contributed by atoms with E-state index in [4.69, 9.17) is 11.5 Å². The van der Waals surface area contributed by atoms with Gasteiger partial charge in [0.25, 0.3) is 0 Å². The molecule has 0 aliphatic heterocycles. The topological polar surface area (TPSA) is 64.9 Å². The lowest BCUT2D eigenvalue weighted by Gasteiger charge is -2.09. The highest BCUT2D eigenvalue weighted by molar-refractivity contribution is 9.10. The molecule has 1 heterocycles. The molecule has 1 rings (SSSR count). The highest BCUT2D eigenvalue weighted by Gasteiger charge is 2.08. The molecule has 12 heavy (non-hydrogen) atoms. The number of hydrogen-bond acceptors (Lipinski definition) is 3. The Hall–Kier alpha value is -0.450. The van der Waals surface area contributed by atoms with Crippen molar-refractivity contribution >= 4 is 15.9 Å². The van der Waals surface area contributed by atoms with Crippen molar-refractivity contribution in [3.8, 4) is 0 Å². The molecular formula is C8H12BrN3. The first-order valence-electron chi connectivity index (χ1n) is 3.73. The summed E-state index contributed by atoms with van der Waals surface area (Å²) >= 11 is 3.39. The summed E-state index contributed by atoms with van der Waals surface area (Å²) in [5.41, 5.74) is 13.1. The summed E-state index contributed by atoms with van der Waals surface area (Å²) < 4.78 is 0.931. The van der Waals surface area contributed by atoms with Crippen LogP contribution < -0.4 is 11.5 Å². The van der Waals surface area contributed by atoms with Crippen molar-refractivity contribution in [1.29, 1.82) is 0 Å². The van der Waals surface area contributed by atoms with Crippen LogP contribution in [0.5, 0.6) is 0 Å². The minimum Gasteiger partial charge on any atom is -0.329 e. The zero-order valence-corrected chi connectivity index (χ0v) is 8.51. The molecule has 4 N–H and O–H groups in total. The number of hydrogen-bond donors (Lipinski definition) is 2. The van der Waals surface area contributed by atoms with Crippen LogP contribution in [0.15, 0.2) is 16.7 Å². The molecule has 4 heteroatoms. The van der Waals surface area contributed by atoms with E-state index in [9.17, 15) is 0 Å². The van der Waals surface area contributed by atoms with Gasteiger partial charge in [0.1, 0.15) is 0 Å². The number of aromatic nitrogens is 1. The molecule has 0 spiro atoms. The normalized spacial score (nSPS) is 13.0. The molecule has 1 aromatic heterocycles. The van der Waals surface area contributed by atoms with Crippen LogP contribution in [0, 0.1) is 6.92 Å². The fourth-order valence-electron chi connectivity index (χ4n) is 0.929. The molecule has 0 saturated carbocycles. The molecule has 0 aliphatic carbocycles. The lowest BCUT2D eigenvalue weighted by molar-refractivity contribution is 0.706. The van der Waals surface area contributed by atoms with Gasteiger partial charge in [0.2, 0.25) is 0 Å².